The molecule has 0 aliphatic heterocycles. The van der Waals surface area contributed by atoms with Crippen molar-refractivity contribution in [2.24, 2.45) is 34.5 Å². The molecule has 0 amide bonds. The first-order chi connectivity index (χ1) is 26.4. The van der Waals surface area contributed by atoms with E-state index in [2.05, 4.69) is 30.4 Å². The van der Waals surface area contributed by atoms with Gasteiger partial charge in [-0.1, -0.05) is 38.5 Å². The van der Waals surface area contributed by atoms with Crippen molar-refractivity contribution in [1.82, 2.24) is 9.97 Å². The Morgan fingerprint density at radius 2 is 1.56 bits per heavy atom. The van der Waals surface area contributed by atoms with Crippen LogP contribution >= 0.6 is 0 Å². The minimum atomic E-state index is -5.14. The number of H-pyrrole nitrogens is 1. The molecular formula is C37H50N2O15S3. The van der Waals surface area contributed by atoms with Crippen LogP contribution in [0.2, 0.25) is 0 Å². The van der Waals surface area contributed by atoms with Gasteiger partial charge in [0.1, 0.15) is 24.1 Å². The van der Waals surface area contributed by atoms with Gasteiger partial charge in [-0.2, -0.15) is 25.3 Å². The summed E-state index contributed by atoms with van der Waals surface area (Å²) in [6.07, 6.45) is 0.120. The topological polar surface area (TPSA) is 266 Å². The van der Waals surface area contributed by atoms with E-state index in [0.717, 1.165) is 29.6 Å². The average molecular weight is 859 g/mol. The largest absolute Gasteiger partial charge is 0.508 e. The van der Waals surface area contributed by atoms with Gasteiger partial charge in [0, 0.05) is 0 Å². The predicted octanol–water partition coefficient (Wildman–Crippen LogP) is 5.81. The summed E-state index contributed by atoms with van der Waals surface area (Å²) in [7, 11) is -15.3. The predicted molar refractivity (Wildman–Crippen MR) is 203 cm³/mol. The Hall–Kier alpha value is -3.21. The SMILES string of the molecule is C=C(C)[C@@H](CC[C@@H](C)[C@H]1CCC2=C3C[C@H](OS(=O)(=O)O)[C@H]4C[C@@H](OS(=O)(=O)O)[C@@H](OS(=O)(=O)O)C[C@]4(C)[C@H]3CC[C@@]21C)OC(=O)c1ncc(-c2ccc(O)cc2)[nH]1. The summed E-state index contributed by atoms with van der Waals surface area (Å²) < 4.78 is 121. The molecule has 3 saturated carbocycles. The minimum absolute atomic E-state index is 0.0312. The fraction of sp³-hybridized carbons (Fsp3) is 0.622. The maximum atomic E-state index is 13.2. The number of nitrogens with zero attached hydrogens (tertiary/aromatic N) is 1. The van der Waals surface area contributed by atoms with Gasteiger partial charge < -0.3 is 14.8 Å². The Bertz CT molecular complexity index is 2240. The average Bonchev–Trinajstić information content (AvgIpc) is 3.71. The molecule has 3 fully saturated rings. The van der Waals surface area contributed by atoms with Crippen LogP contribution in [-0.4, -0.2) is 84.4 Å². The standard InChI is InChI=1S/C37H50N2O15S3/c1-20(2)30(51-35(41)34-38-19-29(39-34)22-7-9-23(40)10-8-22)13-6-21(3)25-11-12-26-24-16-31(52-55(42,43)44)28-17-32(53-56(45,46)47)33(54-57(48,49)50)18-37(28,5)27(24)14-15-36(25,26)4/h7-10,19,21,25,27-28,30-33,40H,1,6,11-18H2,2-5H3,(H,38,39)(H,42,43,44)(H,45,46,47)(H,48,49,50)/t21-,25-,27+,28-,30-,31+,32-,33+,36-,37-/m1/s1. The van der Waals surface area contributed by atoms with Crippen molar-refractivity contribution in [2.75, 3.05) is 0 Å². The lowest BCUT2D eigenvalue weighted by Crippen LogP contribution is -2.58. The third-order valence-corrected chi connectivity index (χ3v) is 14.6. The number of phenolic OH excluding ortho intramolecular Hbond substituents is 1. The number of carbonyl (C=O) groups is 1. The molecule has 1 aromatic carbocycles. The number of esters is 1. The molecule has 0 radical (unpaired) electrons. The van der Waals surface area contributed by atoms with E-state index in [0.29, 0.717) is 37.0 Å². The molecule has 0 bridgehead atoms. The molecule has 0 saturated heterocycles. The van der Waals surface area contributed by atoms with Gasteiger partial charge in [-0.05, 0) is 135 Å². The first-order valence-corrected chi connectivity index (χ1v) is 22.9. The van der Waals surface area contributed by atoms with Crippen molar-refractivity contribution in [3.63, 3.8) is 0 Å². The van der Waals surface area contributed by atoms with E-state index in [-0.39, 0.29) is 54.0 Å². The van der Waals surface area contributed by atoms with Gasteiger partial charge in [0.25, 0.3) is 0 Å². The number of hydrogen-bond acceptors (Lipinski definition) is 13. The molecule has 6 rings (SSSR count). The second-order valence-corrected chi connectivity index (χ2v) is 19.7. The molecule has 4 aliphatic carbocycles. The van der Waals surface area contributed by atoms with Gasteiger partial charge in [-0.25, -0.2) is 22.3 Å². The number of allylic oxidation sites excluding steroid dienone is 1. The van der Waals surface area contributed by atoms with E-state index < -0.39 is 72.9 Å². The van der Waals surface area contributed by atoms with Gasteiger partial charge in [0.15, 0.2) is 0 Å². The van der Waals surface area contributed by atoms with Crippen LogP contribution in [0, 0.1) is 34.5 Å². The Morgan fingerprint density at radius 3 is 2.18 bits per heavy atom. The molecule has 10 atom stereocenters. The first-order valence-electron chi connectivity index (χ1n) is 18.8. The third-order valence-electron chi connectivity index (χ3n) is 13.1. The van der Waals surface area contributed by atoms with E-state index in [1.807, 2.05) is 0 Å². The van der Waals surface area contributed by atoms with Crippen LogP contribution in [0.1, 0.15) is 96.1 Å². The summed E-state index contributed by atoms with van der Waals surface area (Å²) in [5, 5.41) is 9.59. The lowest BCUT2D eigenvalue weighted by Gasteiger charge is -2.59. The number of hydrogen-bond donors (Lipinski definition) is 5. The number of rotatable bonds is 14. The van der Waals surface area contributed by atoms with Crippen molar-refractivity contribution in [3.8, 4) is 17.0 Å². The molecular weight excluding hydrogens is 809 g/mol. The van der Waals surface area contributed by atoms with Crippen molar-refractivity contribution >= 4 is 37.2 Å². The fourth-order valence-electron chi connectivity index (χ4n) is 10.6. The molecule has 5 N–H and O–H groups in total. The normalized spacial score (nSPS) is 31.5. The maximum Gasteiger partial charge on any atom is 0.397 e. The van der Waals surface area contributed by atoms with Gasteiger partial charge in [0.05, 0.1) is 18.0 Å². The number of imidazole rings is 1. The summed E-state index contributed by atoms with van der Waals surface area (Å²) in [4.78, 5) is 20.4. The molecule has 20 heteroatoms. The first kappa shape index (κ1) is 43.4. The number of benzene rings is 1. The van der Waals surface area contributed by atoms with Crippen molar-refractivity contribution < 1.29 is 66.1 Å². The van der Waals surface area contributed by atoms with Crippen LogP contribution in [0.5, 0.6) is 5.75 Å². The van der Waals surface area contributed by atoms with E-state index in [1.165, 1.54) is 18.3 Å². The summed E-state index contributed by atoms with van der Waals surface area (Å²) in [6, 6.07) is 6.45. The van der Waals surface area contributed by atoms with Crippen LogP contribution in [0.3, 0.4) is 0 Å². The highest BCUT2D eigenvalue weighted by Crippen LogP contribution is 2.66. The van der Waals surface area contributed by atoms with E-state index in [1.54, 1.807) is 26.0 Å². The smallest absolute Gasteiger partial charge is 0.397 e. The molecule has 316 valence electrons. The number of aromatic nitrogens is 2. The van der Waals surface area contributed by atoms with Crippen molar-refractivity contribution in [3.05, 3.63) is 59.6 Å². The summed E-state index contributed by atoms with van der Waals surface area (Å²) in [6.45, 7) is 12.0. The Kier molecular flexibility index (Phi) is 12.0. The summed E-state index contributed by atoms with van der Waals surface area (Å²) >= 11 is 0. The van der Waals surface area contributed by atoms with E-state index in [4.69, 9.17) is 17.3 Å². The number of aromatic amines is 1. The molecule has 0 spiro atoms. The monoisotopic (exact) mass is 858 g/mol. The fourth-order valence-corrected chi connectivity index (χ4v) is 12.2. The lowest BCUT2D eigenvalue weighted by molar-refractivity contribution is -0.124. The van der Waals surface area contributed by atoms with Crippen LogP contribution in [0.15, 0.2) is 53.8 Å². The second kappa shape index (κ2) is 15.8. The summed E-state index contributed by atoms with van der Waals surface area (Å²) in [5.74, 6) is -1.21. The van der Waals surface area contributed by atoms with Gasteiger partial charge in [-0.3, -0.25) is 13.7 Å². The molecule has 1 aromatic heterocycles. The number of ether oxygens (including phenoxy) is 1. The van der Waals surface area contributed by atoms with Crippen LogP contribution in [-0.2, 0) is 48.5 Å². The molecule has 1 heterocycles. The molecule has 57 heavy (non-hydrogen) atoms. The van der Waals surface area contributed by atoms with Crippen LogP contribution < -0.4 is 0 Å². The minimum Gasteiger partial charge on any atom is -0.508 e. The van der Waals surface area contributed by atoms with Crippen LogP contribution in [0.25, 0.3) is 11.3 Å². The summed E-state index contributed by atoms with van der Waals surface area (Å²) in [5.41, 5.74) is 2.75. The van der Waals surface area contributed by atoms with Crippen LogP contribution in [0.4, 0.5) is 0 Å². The zero-order valence-electron chi connectivity index (χ0n) is 32.0. The molecule has 4 aliphatic rings. The number of fused-ring (bicyclic) bond motifs is 4. The molecule has 17 nitrogen and oxygen atoms in total. The Morgan fingerprint density at radius 1 is 0.947 bits per heavy atom. The zero-order valence-corrected chi connectivity index (χ0v) is 34.5. The highest BCUT2D eigenvalue weighted by Gasteiger charge is 2.61. The van der Waals surface area contributed by atoms with Gasteiger partial charge in [-0.15, -0.1) is 0 Å². The quantitative estimate of drug-likeness (QED) is 0.0853. The Labute approximate surface area is 333 Å². The highest BCUT2D eigenvalue weighted by atomic mass is 32.3. The maximum absolute atomic E-state index is 13.2. The molecule has 0 unspecified atom stereocenters. The number of phenols is 1. The third kappa shape index (κ3) is 9.49. The van der Waals surface area contributed by atoms with Gasteiger partial charge in [0.2, 0.25) is 5.82 Å². The van der Waals surface area contributed by atoms with Crippen molar-refractivity contribution in [2.45, 2.75) is 110 Å². The van der Waals surface area contributed by atoms with Crippen molar-refractivity contribution in [1.29, 1.82) is 0 Å². The second-order valence-electron chi connectivity index (χ2n) is 16.6. The molecule has 2 aromatic rings. The number of aromatic hydroxyl groups is 1. The highest BCUT2D eigenvalue weighted by molar-refractivity contribution is 7.81. The zero-order chi connectivity index (χ0) is 41.9. The number of nitrogens with one attached hydrogen (secondary N) is 1. The van der Waals surface area contributed by atoms with Gasteiger partial charge >= 0.3 is 37.2 Å². The number of carbonyl (C=O) groups excluding carboxylic acids is 1. The van der Waals surface area contributed by atoms with E-state index >= 15 is 0 Å². The lowest BCUT2D eigenvalue weighted by atomic mass is 9.47. The Balaban J connectivity index is 1.21. The van der Waals surface area contributed by atoms with E-state index in [9.17, 15) is 48.8 Å².